The van der Waals surface area contributed by atoms with Crippen LogP contribution in [0.3, 0.4) is 0 Å². The van der Waals surface area contributed by atoms with Crippen LogP contribution >= 0.6 is 11.8 Å². The summed E-state index contributed by atoms with van der Waals surface area (Å²) in [6.07, 6.45) is 0. The van der Waals surface area contributed by atoms with Crippen molar-refractivity contribution in [2.24, 2.45) is 11.7 Å². The van der Waals surface area contributed by atoms with Crippen molar-refractivity contribution in [1.29, 1.82) is 5.26 Å². The van der Waals surface area contributed by atoms with Crippen molar-refractivity contribution < 1.29 is 14.3 Å². The van der Waals surface area contributed by atoms with Gasteiger partial charge in [0, 0.05) is 10.6 Å². The predicted octanol–water partition coefficient (Wildman–Crippen LogP) is 1.50. The lowest BCUT2D eigenvalue weighted by Gasteiger charge is -2.08. The first kappa shape index (κ1) is 15.8. The van der Waals surface area contributed by atoms with Crippen molar-refractivity contribution in [2.75, 3.05) is 12.4 Å². The van der Waals surface area contributed by atoms with Crippen LogP contribution in [0.5, 0.6) is 0 Å². The zero-order valence-electron chi connectivity index (χ0n) is 10.7. The van der Waals surface area contributed by atoms with Gasteiger partial charge in [-0.3, -0.25) is 9.59 Å². The van der Waals surface area contributed by atoms with Gasteiger partial charge in [0.25, 0.3) is 0 Å². The molecule has 2 N–H and O–H groups in total. The first-order chi connectivity index (χ1) is 9.54. The van der Waals surface area contributed by atoms with E-state index in [-0.39, 0.29) is 11.4 Å². The normalized spacial score (nSPS) is 11.2. The molecule has 0 unspecified atom stereocenters. The van der Waals surface area contributed by atoms with Gasteiger partial charge in [-0.25, -0.2) is 0 Å². The Labute approximate surface area is 121 Å². The molecule has 1 aromatic rings. The van der Waals surface area contributed by atoms with Crippen molar-refractivity contribution in [3.8, 4) is 6.07 Å². The van der Waals surface area contributed by atoms with Gasteiger partial charge in [-0.05, 0) is 12.1 Å². The molecule has 0 saturated carbocycles. The van der Waals surface area contributed by atoms with Gasteiger partial charge in [0.05, 0.1) is 11.8 Å². The fraction of sp³-hybridized carbons (Fsp3) is 0.214. The molecular weight excluding hydrogens is 276 g/mol. The number of nitrogens with zero attached hydrogens (tertiary/aromatic N) is 1. The number of nitrogens with two attached hydrogens (primary N) is 1. The third kappa shape index (κ3) is 5.16. The number of ketones is 1. The monoisotopic (exact) mass is 290 g/mol. The topological polar surface area (TPSA) is 93.2 Å². The molecule has 0 spiro atoms. The molecule has 0 radical (unpaired) electrons. The van der Waals surface area contributed by atoms with E-state index < -0.39 is 24.3 Å². The SMILES string of the molecule is C=C(N)[C@@H](C#N)C(=O)COC(=O)CSc1ccccc1. The Morgan fingerprint density at radius 1 is 1.40 bits per heavy atom. The minimum Gasteiger partial charge on any atom is -0.457 e. The smallest absolute Gasteiger partial charge is 0.316 e. The summed E-state index contributed by atoms with van der Waals surface area (Å²) >= 11 is 1.31. The van der Waals surface area contributed by atoms with E-state index in [1.165, 1.54) is 11.8 Å². The molecule has 0 aliphatic heterocycles. The maximum atomic E-state index is 11.5. The second-order valence-corrected chi connectivity index (χ2v) is 4.91. The molecule has 20 heavy (non-hydrogen) atoms. The van der Waals surface area contributed by atoms with Gasteiger partial charge in [-0.1, -0.05) is 24.8 Å². The van der Waals surface area contributed by atoms with Gasteiger partial charge in [0.15, 0.2) is 12.4 Å². The van der Waals surface area contributed by atoms with E-state index >= 15 is 0 Å². The molecule has 0 aliphatic rings. The Hall–Kier alpha value is -2.26. The summed E-state index contributed by atoms with van der Waals surface area (Å²) in [7, 11) is 0. The average molecular weight is 290 g/mol. The number of ether oxygens (including phenoxy) is 1. The number of thioether (sulfide) groups is 1. The van der Waals surface area contributed by atoms with E-state index in [4.69, 9.17) is 15.7 Å². The van der Waals surface area contributed by atoms with Gasteiger partial charge in [0.2, 0.25) is 0 Å². The van der Waals surface area contributed by atoms with E-state index in [0.717, 1.165) is 4.90 Å². The van der Waals surface area contributed by atoms with Crippen LogP contribution < -0.4 is 5.73 Å². The quantitative estimate of drug-likeness (QED) is 0.604. The Morgan fingerprint density at radius 3 is 2.60 bits per heavy atom. The molecule has 0 fully saturated rings. The summed E-state index contributed by atoms with van der Waals surface area (Å²) in [6, 6.07) is 11.1. The number of allylic oxidation sites excluding steroid dienone is 1. The molecule has 6 heteroatoms. The summed E-state index contributed by atoms with van der Waals surface area (Å²) < 4.78 is 4.80. The van der Waals surface area contributed by atoms with Crippen LogP contribution in [0.25, 0.3) is 0 Å². The van der Waals surface area contributed by atoms with Gasteiger partial charge >= 0.3 is 5.97 Å². The van der Waals surface area contributed by atoms with Crippen LogP contribution in [-0.4, -0.2) is 24.1 Å². The molecule has 1 atom stereocenters. The summed E-state index contributed by atoms with van der Waals surface area (Å²) in [5.74, 6) is -2.13. The van der Waals surface area contributed by atoms with E-state index in [0.29, 0.717) is 0 Å². The van der Waals surface area contributed by atoms with Crippen LogP contribution in [0.15, 0.2) is 47.5 Å². The molecule has 1 aromatic carbocycles. The summed E-state index contributed by atoms with van der Waals surface area (Å²) in [4.78, 5) is 23.9. The highest BCUT2D eigenvalue weighted by Gasteiger charge is 2.20. The zero-order valence-corrected chi connectivity index (χ0v) is 11.6. The van der Waals surface area contributed by atoms with E-state index in [9.17, 15) is 9.59 Å². The number of nitriles is 1. The summed E-state index contributed by atoms with van der Waals surface area (Å²) in [6.45, 7) is 2.87. The zero-order chi connectivity index (χ0) is 15.0. The number of carbonyl (C=O) groups is 2. The van der Waals surface area contributed by atoms with Gasteiger partial charge in [-0.2, -0.15) is 5.26 Å². The van der Waals surface area contributed by atoms with Gasteiger partial charge in [0.1, 0.15) is 5.92 Å². The maximum absolute atomic E-state index is 11.5. The average Bonchev–Trinajstić information content (AvgIpc) is 2.44. The largest absolute Gasteiger partial charge is 0.457 e. The second-order valence-electron chi connectivity index (χ2n) is 3.87. The van der Waals surface area contributed by atoms with Crippen molar-refractivity contribution in [2.45, 2.75) is 4.90 Å². The van der Waals surface area contributed by atoms with Crippen molar-refractivity contribution >= 4 is 23.5 Å². The molecule has 5 nitrogen and oxygen atoms in total. The van der Waals surface area contributed by atoms with Gasteiger partial charge < -0.3 is 10.5 Å². The summed E-state index contributed by atoms with van der Waals surface area (Å²) in [5, 5.41) is 8.73. The lowest BCUT2D eigenvalue weighted by molar-refractivity contribution is -0.145. The third-order valence-electron chi connectivity index (χ3n) is 2.30. The second kappa shape index (κ2) is 8.02. The number of carbonyl (C=O) groups excluding carboxylic acids is 2. The van der Waals surface area contributed by atoms with Gasteiger partial charge in [-0.15, -0.1) is 11.8 Å². The lowest BCUT2D eigenvalue weighted by Crippen LogP contribution is -2.25. The maximum Gasteiger partial charge on any atom is 0.316 e. The van der Waals surface area contributed by atoms with E-state index in [2.05, 4.69) is 6.58 Å². The number of rotatable bonds is 7. The minimum absolute atomic E-state index is 0.0489. The summed E-state index contributed by atoms with van der Waals surface area (Å²) in [5.41, 5.74) is 5.26. The number of hydrogen-bond acceptors (Lipinski definition) is 6. The molecule has 104 valence electrons. The highest BCUT2D eigenvalue weighted by molar-refractivity contribution is 8.00. The number of esters is 1. The van der Waals surface area contributed by atoms with Crippen molar-refractivity contribution in [1.82, 2.24) is 0 Å². The minimum atomic E-state index is -1.13. The molecule has 0 amide bonds. The molecular formula is C14H14N2O3S. The van der Waals surface area contributed by atoms with Crippen molar-refractivity contribution in [3.63, 3.8) is 0 Å². The highest BCUT2D eigenvalue weighted by Crippen LogP contribution is 2.16. The first-order valence-corrected chi connectivity index (χ1v) is 6.73. The van der Waals surface area contributed by atoms with Crippen LogP contribution in [0, 0.1) is 17.2 Å². The van der Waals surface area contributed by atoms with Crippen LogP contribution in [0.2, 0.25) is 0 Å². The Balaban J connectivity index is 2.35. The molecule has 0 aromatic heterocycles. The first-order valence-electron chi connectivity index (χ1n) is 5.74. The van der Waals surface area contributed by atoms with Crippen LogP contribution in [0.1, 0.15) is 0 Å². The van der Waals surface area contributed by atoms with Crippen LogP contribution in [0.4, 0.5) is 0 Å². The van der Waals surface area contributed by atoms with Crippen LogP contribution in [-0.2, 0) is 14.3 Å². The Bertz CT molecular complexity index is 537. The highest BCUT2D eigenvalue weighted by atomic mass is 32.2. The number of Topliss-reactive ketones (excluding diaryl/α,β-unsaturated/α-hetero) is 1. The third-order valence-corrected chi connectivity index (χ3v) is 3.28. The number of benzene rings is 1. The molecule has 1 rings (SSSR count). The predicted molar refractivity (Wildman–Crippen MR) is 75.6 cm³/mol. The molecule has 0 saturated heterocycles. The Morgan fingerprint density at radius 2 is 2.05 bits per heavy atom. The fourth-order valence-electron chi connectivity index (χ4n) is 1.30. The lowest BCUT2D eigenvalue weighted by atomic mass is 10.0. The number of hydrogen-bond donors (Lipinski definition) is 1. The van der Waals surface area contributed by atoms with E-state index in [1.807, 2.05) is 30.3 Å². The Kier molecular flexibility index (Phi) is 6.33. The molecule has 0 bridgehead atoms. The standard InChI is InChI=1S/C14H14N2O3S/c1-10(16)12(7-15)13(17)8-19-14(18)9-20-11-5-3-2-4-6-11/h2-6,12H,1,8-9,16H2/t12-/m1/s1. The van der Waals surface area contributed by atoms with E-state index in [1.54, 1.807) is 6.07 Å². The fourth-order valence-corrected chi connectivity index (χ4v) is 2.01. The van der Waals surface area contributed by atoms with Crippen molar-refractivity contribution in [3.05, 3.63) is 42.6 Å². The molecule has 0 heterocycles. The molecule has 0 aliphatic carbocycles.